The molecule has 0 aliphatic rings. The zero-order valence-corrected chi connectivity index (χ0v) is 9.54. The molecule has 2 nitrogen and oxygen atoms in total. The van der Waals surface area contributed by atoms with Crippen molar-refractivity contribution in [3.8, 4) is 0 Å². The Bertz CT molecular complexity index is 139. The fourth-order valence-electron chi connectivity index (χ4n) is 0.907. The van der Waals surface area contributed by atoms with E-state index in [-0.39, 0.29) is 4.84 Å². The van der Waals surface area contributed by atoms with Crippen LogP contribution in [0.4, 0.5) is 4.79 Å². The molecule has 0 N–H and O–H groups in total. The molecule has 0 aromatic heterocycles. The van der Waals surface area contributed by atoms with E-state index in [1.165, 1.54) is 0 Å². The van der Waals surface area contributed by atoms with E-state index in [0.717, 1.165) is 32.1 Å². The summed E-state index contributed by atoms with van der Waals surface area (Å²) in [5.74, 6) is 0. The van der Waals surface area contributed by atoms with Crippen LogP contribution in [0.25, 0.3) is 0 Å². The van der Waals surface area contributed by atoms with Crippen molar-refractivity contribution >= 4 is 40.2 Å². The highest BCUT2D eigenvalue weighted by molar-refractivity contribution is 6.61. The van der Waals surface area contributed by atoms with Gasteiger partial charge in [0.15, 0.2) is 0 Å². The molecular formula is C8H13Cl3O2. The summed E-state index contributed by atoms with van der Waals surface area (Å²) in [5, 5.41) is 0. The van der Waals surface area contributed by atoms with E-state index < -0.39 is 5.43 Å². The Morgan fingerprint density at radius 1 is 1.15 bits per heavy atom. The molecule has 0 spiro atoms. The third kappa shape index (κ3) is 12.3. The van der Waals surface area contributed by atoms with Crippen LogP contribution in [0, 0.1) is 0 Å². The molecule has 0 unspecified atom stereocenters. The lowest BCUT2D eigenvalue weighted by Gasteiger charge is -2.01. The van der Waals surface area contributed by atoms with Gasteiger partial charge in [0.1, 0.15) is 4.84 Å². The molecule has 0 aromatic carbocycles. The normalized spacial score (nSPS) is 10.5. The average Bonchev–Trinajstić information content (AvgIpc) is 2.01. The highest BCUT2D eigenvalue weighted by Crippen LogP contribution is 2.13. The Hall–Kier alpha value is 0.340. The van der Waals surface area contributed by atoms with Crippen LogP contribution in [-0.2, 0) is 4.74 Å². The first-order chi connectivity index (χ1) is 6.13. The Kier molecular flexibility index (Phi) is 9.15. The van der Waals surface area contributed by atoms with Crippen molar-refractivity contribution in [3.05, 3.63) is 0 Å². The summed E-state index contributed by atoms with van der Waals surface area (Å²) in [7, 11) is 0. The first-order valence-corrected chi connectivity index (χ1v) is 5.48. The number of hydrogen-bond donors (Lipinski definition) is 0. The van der Waals surface area contributed by atoms with Gasteiger partial charge in [-0.2, -0.15) is 0 Å². The third-order valence-electron chi connectivity index (χ3n) is 1.53. The van der Waals surface area contributed by atoms with Gasteiger partial charge < -0.3 is 4.74 Å². The van der Waals surface area contributed by atoms with E-state index in [2.05, 4.69) is 4.74 Å². The highest BCUT2D eigenvalue weighted by atomic mass is 35.5. The lowest BCUT2D eigenvalue weighted by Crippen LogP contribution is -1.96. The third-order valence-corrected chi connectivity index (χ3v) is 2.08. The quantitative estimate of drug-likeness (QED) is 0.384. The smallest absolute Gasteiger partial charge is 0.403 e. The topological polar surface area (TPSA) is 26.3 Å². The molecule has 13 heavy (non-hydrogen) atoms. The van der Waals surface area contributed by atoms with Gasteiger partial charge in [0, 0.05) is 11.6 Å². The minimum Gasteiger partial charge on any atom is -0.454 e. The summed E-state index contributed by atoms with van der Waals surface area (Å²) >= 11 is 16.0. The Morgan fingerprint density at radius 3 is 2.31 bits per heavy atom. The maximum absolute atomic E-state index is 10.1. The zero-order chi connectivity index (χ0) is 10.1. The molecule has 0 saturated heterocycles. The number of ether oxygens (including phenoxy) is 1. The van der Waals surface area contributed by atoms with Crippen molar-refractivity contribution in [1.82, 2.24) is 0 Å². The Labute approximate surface area is 93.5 Å². The van der Waals surface area contributed by atoms with Crippen LogP contribution in [0.2, 0.25) is 0 Å². The van der Waals surface area contributed by atoms with Crippen molar-refractivity contribution in [3.63, 3.8) is 0 Å². The van der Waals surface area contributed by atoms with E-state index in [1.54, 1.807) is 0 Å². The molecule has 0 bridgehead atoms. The molecule has 78 valence electrons. The lowest BCUT2D eigenvalue weighted by atomic mass is 10.2. The van der Waals surface area contributed by atoms with Gasteiger partial charge in [0.25, 0.3) is 0 Å². The van der Waals surface area contributed by atoms with Crippen molar-refractivity contribution in [2.45, 2.75) is 36.9 Å². The number of rotatable bonds is 7. The molecule has 0 amide bonds. The number of alkyl halides is 2. The summed E-state index contributed by atoms with van der Waals surface area (Å²) in [5.41, 5.74) is -0.735. The molecule has 0 aromatic rings. The van der Waals surface area contributed by atoms with Crippen molar-refractivity contribution in [2.24, 2.45) is 0 Å². The van der Waals surface area contributed by atoms with Crippen LogP contribution in [-0.4, -0.2) is 16.9 Å². The van der Waals surface area contributed by atoms with E-state index in [9.17, 15) is 4.79 Å². The monoisotopic (exact) mass is 246 g/mol. The molecule has 0 saturated carbocycles. The molecule has 0 aliphatic heterocycles. The fraction of sp³-hybridized carbons (Fsp3) is 0.875. The van der Waals surface area contributed by atoms with Gasteiger partial charge in [-0.25, -0.2) is 4.79 Å². The van der Waals surface area contributed by atoms with Gasteiger partial charge in [-0.15, -0.1) is 23.2 Å². The highest BCUT2D eigenvalue weighted by Gasteiger charge is 1.98. The summed E-state index contributed by atoms with van der Waals surface area (Å²) in [6.45, 7) is 0.396. The second kappa shape index (κ2) is 8.92. The lowest BCUT2D eigenvalue weighted by molar-refractivity contribution is 0.171. The zero-order valence-electron chi connectivity index (χ0n) is 7.27. The van der Waals surface area contributed by atoms with Gasteiger partial charge in [-0.05, 0) is 12.8 Å². The SMILES string of the molecule is O=C(Cl)OCCCCCCC(Cl)Cl. The van der Waals surface area contributed by atoms with E-state index >= 15 is 0 Å². The molecule has 5 heteroatoms. The Morgan fingerprint density at radius 2 is 1.77 bits per heavy atom. The number of unbranched alkanes of at least 4 members (excludes halogenated alkanes) is 3. The number of carbonyl (C=O) groups excluding carboxylic acids is 1. The van der Waals surface area contributed by atoms with Crippen LogP contribution in [0.5, 0.6) is 0 Å². The number of hydrogen-bond acceptors (Lipinski definition) is 2. The summed E-state index contributed by atoms with van der Waals surface area (Å²) in [4.78, 5) is 9.87. The second-order valence-electron chi connectivity index (χ2n) is 2.68. The average molecular weight is 248 g/mol. The largest absolute Gasteiger partial charge is 0.454 e. The predicted molar refractivity (Wildman–Crippen MR) is 55.8 cm³/mol. The molecule has 0 heterocycles. The first kappa shape index (κ1) is 13.3. The van der Waals surface area contributed by atoms with E-state index in [1.807, 2.05) is 0 Å². The van der Waals surface area contributed by atoms with Gasteiger partial charge in [0.05, 0.1) is 6.61 Å². The van der Waals surface area contributed by atoms with Gasteiger partial charge in [-0.1, -0.05) is 19.3 Å². The molecule has 0 radical (unpaired) electrons. The Balaban J connectivity index is 2.96. The minimum absolute atomic E-state index is 0.263. The van der Waals surface area contributed by atoms with Crippen LogP contribution < -0.4 is 0 Å². The van der Waals surface area contributed by atoms with Crippen molar-refractivity contribution < 1.29 is 9.53 Å². The molecule has 0 aliphatic carbocycles. The fourth-order valence-corrected chi connectivity index (χ4v) is 1.29. The van der Waals surface area contributed by atoms with Gasteiger partial charge in [-0.3, -0.25) is 0 Å². The maximum atomic E-state index is 10.1. The summed E-state index contributed by atoms with van der Waals surface area (Å²) < 4.78 is 4.54. The molecule has 0 rings (SSSR count). The minimum atomic E-state index is -0.735. The van der Waals surface area contributed by atoms with Crippen LogP contribution in [0.1, 0.15) is 32.1 Å². The van der Waals surface area contributed by atoms with Gasteiger partial charge >= 0.3 is 5.43 Å². The van der Waals surface area contributed by atoms with Crippen LogP contribution in [0.3, 0.4) is 0 Å². The molecule has 0 fully saturated rings. The van der Waals surface area contributed by atoms with E-state index in [4.69, 9.17) is 34.8 Å². The molecular weight excluding hydrogens is 234 g/mol. The number of carbonyl (C=O) groups is 1. The van der Waals surface area contributed by atoms with Crippen LogP contribution in [0.15, 0.2) is 0 Å². The maximum Gasteiger partial charge on any atom is 0.403 e. The van der Waals surface area contributed by atoms with Crippen molar-refractivity contribution in [1.29, 1.82) is 0 Å². The van der Waals surface area contributed by atoms with Crippen molar-refractivity contribution in [2.75, 3.05) is 6.61 Å². The molecule has 0 atom stereocenters. The summed E-state index contributed by atoms with van der Waals surface area (Å²) in [6.07, 6.45) is 4.72. The second-order valence-corrected chi connectivity index (χ2v) is 4.27. The van der Waals surface area contributed by atoms with Crippen LogP contribution >= 0.6 is 34.8 Å². The summed E-state index contributed by atoms with van der Waals surface area (Å²) in [6, 6.07) is 0. The predicted octanol–water partition coefficient (Wildman–Crippen LogP) is 4.12. The standard InChI is InChI=1S/C8H13Cl3O2/c9-7(10)5-3-1-2-4-6-13-8(11)12/h7H,1-6H2. The number of halogens is 3. The van der Waals surface area contributed by atoms with E-state index in [0.29, 0.717) is 6.61 Å². The van der Waals surface area contributed by atoms with Gasteiger partial charge in [0.2, 0.25) is 0 Å². The first-order valence-electron chi connectivity index (χ1n) is 4.23.